The quantitative estimate of drug-likeness (QED) is 0.391. The molecule has 0 spiro atoms. The lowest BCUT2D eigenvalue weighted by Crippen LogP contribution is -2.25. The largest absolute Gasteiger partial charge is 0.457 e. The molecule has 0 amide bonds. The minimum absolute atomic E-state index is 0.841. The Hall–Kier alpha value is -3.37. The van der Waals surface area contributed by atoms with E-state index in [1.165, 1.54) is 16.7 Å². The van der Waals surface area contributed by atoms with Crippen molar-refractivity contribution in [2.24, 2.45) is 0 Å². The summed E-state index contributed by atoms with van der Waals surface area (Å²) in [5.74, 6) is 1.70. The zero-order chi connectivity index (χ0) is 20.6. The van der Waals surface area contributed by atoms with Crippen molar-refractivity contribution < 1.29 is 4.74 Å². The number of hydrogen-bond donors (Lipinski definition) is 1. The second kappa shape index (κ2) is 9.90. The van der Waals surface area contributed by atoms with Crippen LogP contribution in [0.4, 0.5) is 0 Å². The standard InChI is InChI=1S/C26H27N3O/c1-21-7-9-22(10-8-21)15-16-29(19-24-17-27-20-28-24)18-23-11-13-26(14-12-23)30-25-5-3-2-4-6-25/h2-14,17,20H,15-16,18-19H2,1H3,(H,27,28). The Bertz CT molecular complexity index is 1010. The lowest BCUT2D eigenvalue weighted by Gasteiger charge is -2.22. The maximum Gasteiger partial charge on any atom is 0.127 e. The molecule has 0 bridgehead atoms. The third kappa shape index (κ3) is 5.82. The van der Waals surface area contributed by atoms with Crippen LogP contribution < -0.4 is 4.74 Å². The molecule has 0 saturated carbocycles. The minimum atomic E-state index is 0.841. The smallest absolute Gasteiger partial charge is 0.127 e. The fourth-order valence-corrected chi connectivity index (χ4v) is 3.41. The van der Waals surface area contributed by atoms with Crippen molar-refractivity contribution in [3.8, 4) is 11.5 Å². The van der Waals surface area contributed by atoms with Gasteiger partial charge in [0.05, 0.1) is 6.33 Å². The molecule has 0 fully saturated rings. The second-order valence-electron chi connectivity index (χ2n) is 7.58. The summed E-state index contributed by atoms with van der Waals surface area (Å²) in [7, 11) is 0. The van der Waals surface area contributed by atoms with Crippen molar-refractivity contribution in [1.82, 2.24) is 14.9 Å². The summed E-state index contributed by atoms with van der Waals surface area (Å²) in [4.78, 5) is 9.83. The third-order valence-corrected chi connectivity index (χ3v) is 5.09. The van der Waals surface area contributed by atoms with E-state index in [2.05, 4.69) is 58.2 Å². The highest BCUT2D eigenvalue weighted by atomic mass is 16.5. The summed E-state index contributed by atoms with van der Waals surface area (Å²) in [6, 6.07) is 27.0. The number of H-pyrrole nitrogens is 1. The molecule has 4 aromatic rings. The van der Waals surface area contributed by atoms with Crippen LogP contribution in [0.5, 0.6) is 11.5 Å². The summed E-state index contributed by atoms with van der Waals surface area (Å²) in [5.41, 5.74) is 5.05. The van der Waals surface area contributed by atoms with Crippen LogP contribution in [0.15, 0.2) is 91.4 Å². The van der Waals surface area contributed by atoms with E-state index in [9.17, 15) is 0 Å². The van der Waals surface area contributed by atoms with Gasteiger partial charge in [0.2, 0.25) is 0 Å². The monoisotopic (exact) mass is 397 g/mol. The highest BCUT2D eigenvalue weighted by Gasteiger charge is 2.09. The Balaban J connectivity index is 1.40. The van der Waals surface area contributed by atoms with Gasteiger partial charge in [-0.2, -0.15) is 0 Å². The van der Waals surface area contributed by atoms with Gasteiger partial charge in [-0.05, 0) is 48.7 Å². The van der Waals surface area contributed by atoms with Gasteiger partial charge < -0.3 is 9.72 Å². The minimum Gasteiger partial charge on any atom is -0.457 e. The molecule has 152 valence electrons. The first-order chi connectivity index (χ1) is 14.7. The van der Waals surface area contributed by atoms with Crippen LogP contribution in [0.3, 0.4) is 0 Å². The summed E-state index contributed by atoms with van der Waals surface area (Å²) in [6.45, 7) is 4.81. The Morgan fingerprint density at radius 1 is 0.800 bits per heavy atom. The van der Waals surface area contributed by atoms with Gasteiger partial charge in [-0.1, -0.05) is 60.2 Å². The van der Waals surface area contributed by atoms with Crippen molar-refractivity contribution in [1.29, 1.82) is 0 Å². The molecule has 0 unspecified atom stereocenters. The number of rotatable bonds is 9. The van der Waals surface area contributed by atoms with Gasteiger partial charge in [0.1, 0.15) is 11.5 Å². The van der Waals surface area contributed by atoms with E-state index < -0.39 is 0 Å². The van der Waals surface area contributed by atoms with E-state index in [4.69, 9.17) is 4.74 Å². The van der Waals surface area contributed by atoms with Crippen molar-refractivity contribution in [2.45, 2.75) is 26.4 Å². The number of para-hydroxylation sites is 1. The maximum atomic E-state index is 5.91. The van der Waals surface area contributed by atoms with Crippen LogP contribution in [0.1, 0.15) is 22.4 Å². The van der Waals surface area contributed by atoms with E-state index in [1.807, 2.05) is 48.7 Å². The van der Waals surface area contributed by atoms with Gasteiger partial charge in [0.15, 0.2) is 0 Å². The number of imidazole rings is 1. The van der Waals surface area contributed by atoms with Crippen molar-refractivity contribution in [2.75, 3.05) is 6.54 Å². The molecule has 0 aliphatic carbocycles. The van der Waals surface area contributed by atoms with Crippen LogP contribution in [-0.4, -0.2) is 21.4 Å². The molecule has 4 heteroatoms. The van der Waals surface area contributed by atoms with Gasteiger partial charge >= 0.3 is 0 Å². The van der Waals surface area contributed by atoms with Crippen molar-refractivity contribution in [3.63, 3.8) is 0 Å². The molecule has 30 heavy (non-hydrogen) atoms. The Morgan fingerprint density at radius 2 is 1.50 bits per heavy atom. The number of aryl methyl sites for hydroxylation is 1. The molecule has 1 heterocycles. The Morgan fingerprint density at radius 3 is 2.20 bits per heavy atom. The Labute approximate surface area is 178 Å². The van der Waals surface area contributed by atoms with Crippen LogP contribution >= 0.6 is 0 Å². The van der Waals surface area contributed by atoms with Gasteiger partial charge in [-0.25, -0.2) is 4.98 Å². The third-order valence-electron chi connectivity index (χ3n) is 5.09. The molecule has 0 aliphatic heterocycles. The first-order valence-electron chi connectivity index (χ1n) is 10.3. The van der Waals surface area contributed by atoms with E-state index in [0.717, 1.165) is 43.2 Å². The normalized spacial score (nSPS) is 11.0. The Kier molecular flexibility index (Phi) is 6.58. The summed E-state index contributed by atoms with van der Waals surface area (Å²) >= 11 is 0. The molecule has 1 N–H and O–H groups in total. The van der Waals surface area contributed by atoms with Gasteiger partial charge in [0, 0.05) is 31.5 Å². The molecule has 0 saturated heterocycles. The number of aromatic nitrogens is 2. The summed E-state index contributed by atoms with van der Waals surface area (Å²) in [5, 5.41) is 0. The van der Waals surface area contributed by atoms with Crippen molar-refractivity contribution >= 4 is 0 Å². The number of aromatic amines is 1. The lowest BCUT2D eigenvalue weighted by atomic mass is 10.1. The van der Waals surface area contributed by atoms with Crippen LogP contribution in [0.2, 0.25) is 0 Å². The van der Waals surface area contributed by atoms with Gasteiger partial charge in [-0.3, -0.25) is 4.90 Å². The van der Waals surface area contributed by atoms with E-state index in [-0.39, 0.29) is 0 Å². The lowest BCUT2D eigenvalue weighted by molar-refractivity contribution is 0.257. The zero-order valence-electron chi connectivity index (χ0n) is 17.3. The molecule has 4 nitrogen and oxygen atoms in total. The van der Waals surface area contributed by atoms with E-state index in [1.54, 1.807) is 6.33 Å². The zero-order valence-corrected chi connectivity index (χ0v) is 17.3. The first-order valence-corrected chi connectivity index (χ1v) is 10.3. The fraction of sp³-hybridized carbons (Fsp3) is 0.192. The number of ether oxygens (including phenoxy) is 1. The maximum absolute atomic E-state index is 5.91. The molecular weight excluding hydrogens is 370 g/mol. The summed E-state index contributed by atoms with van der Waals surface area (Å²) in [6.07, 6.45) is 4.66. The second-order valence-corrected chi connectivity index (χ2v) is 7.58. The average molecular weight is 398 g/mol. The van der Waals surface area contributed by atoms with Crippen LogP contribution in [0, 0.1) is 6.92 Å². The summed E-state index contributed by atoms with van der Waals surface area (Å²) < 4.78 is 5.91. The number of benzene rings is 3. The SMILES string of the molecule is Cc1ccc(CCN(Cc2ccc(Oc3ccccc3)cc2)Cc2cnc[nH]2)cc1. The van der Waals surface area contributed by atoms with E-state index in [0.29, 0.717) is 0 Å². The van der Waals surface area contributed by atoms with E-state index >= 15 is 0 Å². The molecular formula is C26H27N3O. The average Bonchev–Trinajstić information content (AvgIpc) is 3.28. The highest BCUT2D eigenvalue weighted by Crippen LogP contribution is 2.22. The number of nitrogens with one attached hydrogen (secondary N) is 1. The number of hydrogen-bond acceptors (Lipinski definition) is 3. The van der Waals surface area contributed by atoms with Gasteiger partial charge in [-0.15, -0.1) is 0 Å². The van der Waals surface area contributed by atoms with Crippen LogP contribution in [0.25, 0.3) is 0 Å². The molecule has 0 atom stereocenters. The molecule has 4 rings (SSSR count). The molecule has 0 aliphatic rings. The number of nitrogens with zero attached hydrogens (tertiary/aromatic N) is 2. The topological polar surface area (TPSA) is 41.1 Å². The van der Waals surface area contributed by atoms with Crippen LogP contribution in [-0.2, 0) is 19.5 Å². The first kappa shape index (κ1) is 19.9. The van der Waals surface area contributed by atoms with Crippen molar-refractivity contribution in [3.05, 3.63) is 114 Å². The fourth-order valence-electron chi connectivity index (χ4n) is 3.41. The predicted molar refractivity (Wildman–Crippen MR) is 121 cm³/mol. The highest BCUT2D eigenvalue weighted by molar-refractivity contribution is 5.33. The predicted octanol–water partition coefficient (Wildman–Crippen LogP) is 5.76. The molecule has 0 radical (unpaired) electrons. The molecule has 1 aromatic heterocycles. The van der Waals surface area contributed by atoms with Gasteiger partial charge in [0.25, 0.3) is 0 Å². The molecule has 3 aromatic carbocycles.